The van der Waals surface area contributed by atoms with E-state index in [0.717, 1.165) is 22.5 Å². The summed E-state index contributed by atoms with van der Waals surface area (Å²) >= 11 is 12.2. The molecule has 1 amide bonds. The van der Waals surface area contributed by atoms with E-state index >= 15 is 0 Å². The number of amides is 1. The molecule has 5 aromatic rings. The van der Waals surface area contributed by atoms with E-state index in [1.165, 1.54) is 24.3 Å². The zero-order valence-corrected chi connectivity index (χ0v) is 24.5. The average Bonchev–Trinajstić information content (AvgIpc) is 3.70. The minimum atomic E-state index is -0.526. The topological polar surface area (TPSA) is 121 Å². The van der Waals surface area contributed by atoms with Crippen molar-refractivity contribution >= 4 is 40.5 Å². The van der Waals surface area contributed by atoms with Crippen LogP contribution in [-0.4, -0.2) is 35.6 Å². The number of rotatable bonds is 7. The normalized spacial score (nSPS) is 14.1. The van der Waals surface area contributed by atoms with Crippen molar-refractivity contribution in [1.29, 1.82) is 0 Å². The molecule has 43 heavy (non-hydrogen) atoms. The first-order valence-corrected chi connectivity index (χ1v) is 14.1. The molecule has 0 spiro atoms. The number of carbonyl (C=O) groups excluding carboxylic acids is 1. The largest absolute Gasteiger partial charge is 0.326 e. The van der Waals surface area contributed by atoms with Crippen molar-refractivity contribution < 1.29 is 14.1 Å². The molecule has 13 heteroatoms. The number of aryl methyl sites for hydroxylation is 1. The van der Waals surface area contributed by atoms with Gasteiger partial charge in [-0.3, -0.25) is 14.9 Å². The summed E-state index contributed by atoms with van der Waals surface area (Å²) in [6, 6.07) is 14.2. The van der Waals surface area contributed by atoms with Gasteiger partial charge in [0, 0.05) is 34.1 Å². The van der Waals surface area contributed by atoms with Gasteiger partial charge in [-0.15, -0.1) is 5.10 Å². The van der Waals surface area contributed by atoms with Crippen molar-refractivity contribution in [3.8, 4) is 16.9 Å². The Labute approximate surface area is 255 Å². The Morgan fingerprint density at radius 3 is 2.72 bits per heavy atom. The summed E-state index contributed by atoms with van der Waals surface area (Å²) in [5, 5.41) is 28.1. The molecule has 10 nitrogen and oxygen atoms in total. The van der Waals surface area contributed by atoms with Gasteiger partial charge in [-0.2, -0.15) is 5.10 Å². The molecule has 1 atom stereocenters. The quantitative estimate of drug-likeness (QED) is 0.158. The Kier molecular flexibility index (Phi) is 7.45. The summed E-state index contributed by atoms with van der Waals surface area (Å²) in [6.07, 6.45) is 2.82. The number of nitrogens with zero attached hydrogens (tertiary/aromatic N) is 6. The highest BCUT2D eigenvalue weighted by Gasteiger charge is 2.31. The minimum Gasteiger partial charge on any atom is -0.326 e. The summed E-state index contributed by atoms with van der Waals surface area (Å²) in [4.78, 5) is 24.1. The van der Waals surface area contributed by atoms with Gasteiger partial charge in [-0.1, -0.05) is 40.5 Å². The molecule has 0 radical (unpaired) electrons. The van der Waals surface area contributed by atoms with Crippen molar-refractivity contribution in [1.82, 2.24) is 24.8 Å². The number of nitrogens with one attached hydrogen (secondary N) is 1. The number of hydrogen-bond donors (Lipinski definition) is 1. The van der Waals surface area contributed by atoms with E-state index in [1.54, 1.807) is 39.8 Å². The predicted molar refractivity (Wildman–Crippen MR) is 160 cm³/mol. The third-order valence-electron chi connectivity index (χ3n) is 7.69. The molecule has 3 aromatic carbocycles. The maximum absolute atomic E-state index is 14.9. The van der Waals surface area contributed by atoms with Crippen LogP contribution in [0.15, 0.2) is 60.8 Å². The number of nitro groups is 1. The van der Waals surface area contributed by atoms with Crippen LogP contribution in [0.25, 0.3) is 16.9 Å². The van der Waals surface area contributed by atoms with Crippen molar-refractivity contribution in [2.24, 2.45) is 0 Å². The summed E-state index contributed by atoms with van der Waals surface area (Å²) in [6.45, 7) is 3.69. The number of halogens is 3. The fourth-order valence-corrected chi connectivity index (χ4v) is 5.87. The second-order valence-electron chi connectivity index (χ2n) is 10.3. The van der Waals surface area contributed by atoms with Crippen LogP contribution >= 0.6 is 23.2 Å². The van der Waals surface area contributed by atoms with Crippen LogP contribution in [0.2, 0.25) is 10.0 Å². The predicted octanol–water partition coefficient (Wildman–Crippen LogP) is 6.82. The Balaban J connectivity index is 1.20. The van der Waals surface area contributed by atoms with Gasteiger partial charge in [0.2, 0.25) is 5.91 Å². The highest BCUT2D eigenvalue weighted by atomic mass is 35.5. The second-order valence-corrected chi connectivity index (χ2v) is 11.1. The molecule has 1 N–H and O–H groups in total. The maximum Gasteiger partial charge on any atom is 0.272 e. The number of benzene rings is 3. The van der Waals surface area contributed by atoms with Gasteiger partial charge in [0.1, 0.15) is 11.5 Å². The summed E-state index contributed by atoms with van der Waals surface area (Å²) in [5.74, 6) is -0.827. The van der Waals surface area contributed by atoms with Crippen LogP contribution in [0.3, 0.4) is 0 Å². The van der Waals surface area contributed by atoms with Crippen molar-refractivity contribution in [3.05, 3.63) is 115 Å². The van der Waals surface area contributed by atoms with Gasteiger partial charge >= 0.3 is 0 Å². The molecule has 2 aromatic heterocycles. The summed E-state index contributed by atoms with van der Waals surface area (Å²) in [7, 11) is 0. The fraction of sp³-hybridized carbons (Fsp3) is 0.200. The van der Waals surface area contributed by atoms with Crippen LogP contribution in [0, 0.1) is 29.8 Å². The van der Waals surface area contributed by atoms with Crippen LogP contribution < -0.4 is 5.32 Å². The molecule has 6 rings (SSSR count). The lowest BCUT2D eigenvalue weighted by Crippen LogP contribution is -2.15. The Morgan fingerprint density at radius 1 is 1.14 bits per heavy atom. The van der Waals surface area contributed by atoms with E-state index in [0.29, 0.717) is 39.8 Å². The number of hydrogen-bond acceptors (Lipinski definition) is 6. The lowest BCUT2D eigenvalue weighted by atomic mass is 10.1. The molecule has 1 aliphatic rings. The maximum atomic E-state index is 14.9. The third-order valence-corrected chi connectivity index (χ3v) is 8.43. The zero-order chi connectivity index (χ0) is 30.4. The third kappa shape index (κ3) is 5.37. The van der Waals surface area contributed by atoms with E-state index < -0.39 is 5.82 Å². The lowest BCUT2D eigenvalue weighted by molar-refractivity contribution is -0.385. The first kappa shape index (κ1) is 28.5. The highest BCUT2D eigenvalue weighted by Crippen LogP contribution is 2.39. The molecule has 218 valence electrons. The van der Waals surface area contributed by atoms with Crippen LogP contribution in [0.1, 0.15) is 40.5 Å². The van der Waals surface area contributed by atoms with E-state index in [-0.39, 0.29) is 40.2 Å². The van der Waals surface area contributed by atoms with Crippen molar-refractivity contribution in [3.63, 3.8) is 0 Å². The average molecular weight is 620 g/mol. The van der Waals surface area contributed by atoms with Crippen LogP contribution in [-0.2, 0) is 17.6 Å². The smallest absolute Gasteiger partial charge is 0.272 e. The van der Waals surface area contributed by atoms with E-state index in [4.69, 9.17) is 23.2 Å². The van der Waals surface area contributed by atoms with E-state index in [9.17, 15) is 19.3 Å². The lowest BCUT2D eigenvalue weighted by Gasteiger charge is -2.11. The number of anilines is 1. The number of aromatic nitrogens is 5. The number of nitro benzene ring substituents is 1. The second kappa shape index (κ2) is 11.2. The SMILES string of the molecule is Cc1nn(-c2ccc(Cl)c(Cl)c2)c(C)c1CC(=O)Nc1ccc(F)c(-c2cn([C@@H]3CCc4c3cccc4[N+](=O)[O-])nn2)c1. The molecule has 0 fully saturated rings. The molecule has 0 aliphatic heterocycles. The van der Waals surface area contributed by atoms with Gasteiger partial charge in [-0.25, -0.2) is 13.8 Å². The van der Waals surface area contributed by atoms with Crippen molar-refractivity contribution in [2.45, 2.75) is 39.2 Å². The molecule has 2 heterocycles. The Morgan fingerprint density at radius 2 is 1.95 bits per heavy atom. The minimum absolute atomic E-state index is 0.0507. The first-order valence-electron chi connectivity index (χ1n) is 13.4. The molecule has 0 saturated heterocycles. The summed E-state index contributed by atoms with van der Waals surface area (Å²) < 4.78 is 18.2. The zero-order valence-electron chi connectivity index (χ0n) is 23.0. The monoisotopic (exact) mass is 619 g/mol. The van der Waals surface area contributed by atoms with Gasteiger partial charge in [0.15, 0.2) is 0 Å². The van der Waals surface area contributed by atoms with E-state index in [2.05, 4.69) is 20.7 Å². The Hall–Kier alpha value is -4.61. The molecule has 0 saturated carbocycles. The van der Waals surface area contributed by atoms with Gasteiger partial charge in [0.05, 0.1) is 45.0 Å². The van der Waals surface area contributed by atoms with Crippen LogP contribution in [0.5, 0.6) is 0 Å². The number of carbonyl (C=O) groups is 1. The highest BCUT2D eigenvalue weighted by molar-refractivity contribution is 6.42. The van der Waals surface area contributed by atoms with Gasteiger partial charge < -0.3 is 5.32 Å². The van der Waals surface area contributed by atoms with E-state index in [1.807, 2.05) is 19.9 Å². The molecule has 0 unspecified atom stereocenters. The molecule has 0 bridgehead atoms. The standard InChI is InChI=1S/C30H24Cl2FN7O3/c1-16-22(17(2)39(36-16)19-7-9-24(31)25(32)13-19)14-30(41)34-18-6-10-26(33)23(12-18)27-15-38(37-35-27)28-11-8-21-20(28)4-3-5-29(21)40(42)43/h3-7,9-10,12-13,15,28H,8,11,14H2,1-2H3,(H,34,41)/t28-/m1/s1. The van der Waals surface area contributed by atoms with Gasteiger partial charge in [-0.05, 0) is 68.7 Å². The molecule has 1 aliphatic carbocycles. The number of fused-ring (bicyclic) bond motifs is 1. The summed E-state index contributed by atoms with van der Waals surface area (Å²) in [5.41, 5.74) is 5.35. The fourth-order valence-electron chi connectivity index (χ4n) is 5.58. The first-order chi connectivity index (χ1) is 20.6. The molecular formula is C30H24Cl2FN7O3. The Bertz CT molecular complexity index is 1920. The van der Waals surface area contributed by atoms with Crippen molar-refractivity contribution in [2.75, 3.05) is 5.32 Å². The van der Waals surface area contributed by atoms with Crippen LogP contribution in [0.4, 0.5) is 15.8 Å². The van der Waals surface area contributed by atoms with Gasteiger partial charge in [0.25, 0.3) is 5.69 Å². The molecular weight excluding hydrogens is 596 g/mol.